The van der Waals surface area contributed by atoms with E-state index in [1.54, 1.807) is 18.0 Å². The van der Waals surface area contributed by atoms with E-state index in [1.165, 1.54) is 0 Å². The second-order valence-electron chi connectivity index (χ2n) is 3.65. The molecular formula is C10H13ClN2OS. The van der Waals surface area contributed by atoms with Gasteiger partial charge in [-0.3, -0.25) is 0 Å². The number of aryl methyl sites for hydroxylation is 1. The van der Waals surface area contributed by atoms with Crippen LogP contribution >= 0.6 is 23.4 Å². The molecule has 2 unspecified atom stereocenters. The first-order chi connectivity index (χ1) is 7.16. The molecule has 82 valence electrons. The van der Waals surface area contributed by atoms with Crippen LogP contribution in [0.4, 0.5) is 0 Å². The summed E-state index contributed by atoms with van der Waals surface area (Å²) in [5, 5.41) is 1.77. The highest BCUT2D eigenvalue weighted by molar-refractivity contribution is 8.00. The molecule has 0 saturated carbocycles. The number of halogens is 1. The largest absolute Gasteiger partial charge is 0.377 e. The predicted octanol–water partition coefficient (Wildman–Crippen LogP) is 2.71. The van der Waals surface area contributed by atoms with Crippen LogP contribution in [0.2, 0.25) is 5.28 Å². The summed E-state index contributed by atoms with van der Waals surface area (Å²) in [6.07, 6.45) is 3.13. The molecule has 1 saturated heterocycles. The smallest absolute Gasteiger partial charge is 0.223 e. The second kappa shape index (κ2) is 4.68. The van der Waals surface area contributed by atoms with Gasteiger partial charge in [-0.1, -0.05) is 11.8 Å². The Morgan fingerprint density at radius 1 is 1.60 bits per heavy atom. The minimum Gasteiger partial charge on any atom is -0.377 e. The van der Waals surface area contributed by atoms with E-state index < -0.39 is 0 Å². The van der Waals surface area contributed by atoms with Crippen LogP contribution in [0, 0.1) is 6.92 Å². The standard InChI is InChI=1S/C10H13ClN2OS/c1-6-5-12-10(11)13-9(6)15-8-3-4-14-7(8)2/h5,7-8H,3-4H2,1-2H3. The summed E-state index contributed by atoms with van der Waals surface area (Å²) < 4.78 is 5.51. The lowest BCUT2D eigenvalue weighted by atomic mass is 10.3. The van der Waals surface area contributed by atoms with Crippen LogP contribution in [-0.4, -0.2) is 27.9 Å². The van der Waals surface area contributed by atoms with Crippen LogP contribution in [0.15, 0.2) is 11.2 Å². The van der Waals surface area contributed by atoms with Gasteiger partial charge in [0.15, 0.2) is 0 Å². The molecule has 2 heterocycles. The van der Waals surface area contributed by atoms with Gasteiger partial charge >= 0.3 is 0 Å². The normalized spacial score (nSPS) is 25.8. The van der Waals surface area contributed by atoms with E-state index >= 15 is 0 Å². The summed E-state index contributed by atoms with van der Waals surface area (Å²) in [5.41, 5.74) is 1.07. The van der Waals surface area contributed by atoms with E-state index in [0.29, 0.717) is 16.6 Å². The Balaban J connectivity index is 2.12. The fourth-order valence-corrected chi connectivity index (χ4v) is 2.87. The molecule has 0 aromatic carbocycles. The van der Waals surface area contributed by atoms with Gasteiger partial charge in [0.2, 0.25) is 5.28 Å². The molecule has 2 rings (SSSR count). The fourth-order valence-electron chi connectivity index (χ4n) is 1.54. The molecule has 0 radical (unpaired) electrons. The number of ether oxygens (including phenoxy) is 1. The summed E-state index contributed by atoms with van der Waals surface area (Å²) >= 11 is 7.51. The third kappa shape index (κ3) is 2.62. The summed E-state index contributed by atoms with van der Waals surface area (Å²) in [7, 11) is 0. The minimum absolute atomic E-state index is 0.295. The Labute approximate surface area is 98.6 Å². The van der Waals surface area contributed by atoms with E-state index in [9.17, 15) is 0 Å². The van der Waals surface area contributed by atoms with Gasteiger partial charge in [0.1, 0.15) is 5.03 Å². The van der Waals surface area contributed by atoms with E-state index in [-0.39, 0.29) is 0 Å². The van der Waals surface area contributed by atoms with Crippen LogP contribution in [0.25, 0.3) is 0 Å². The summed E-state index contributed by atoms with van der Waals surface area (Å²) in [6.45, 7) is 4.94. The average molecular weight is 245 g/mol. The SMILES string of the molecule is Cc1cnc(Cl)nc1SC1CCOC1C. The molecule has 0 amide bonds. The molecular weight excluding hydrogens is 232 g/mol. The predicted molar refractivity (Wildman–Crippen MR) is 61.5 cm³/mol. The molecule has 0 spiro atoms. The highest BCUT2D eigenvalue weighted by atomic mass is 35.5. The van der Waals surface area contributed by atoms with Crippen molar-refractivity contribution in [2.45, 2.75) is 36.6 Å². The number of rotatable bonds is 2. The maximum absolute atomic E-state index is 5.77. The Morgan fingerprint density at radius 2 is 2.40 bits per heavy atom. The number of thioether (sulfide) groups is 1. The van der Waals surface area contributed by atoms with Crippen molar-refractivity contribution in [3.05, 3.63) is 17.0 Å². The molecule has 5 heteroatoms. The maximum Gasteiger partial charge on any atom is 0.223 e. The highest BCUT2D eigenvalue weighted by Gasteiger charge is 2.26. The zero-order chi connectivity index (χ0) is 10.8. The third-order valence-corrected chi connectivity index (χ3v) is 4.21. The van der Waals surface area contributed by atoms with Crippen LogP contribution in [0.3, 0.4) is 0 Å². The van der Waals surface area contributed by atoms with Crippen molar-refractivity contribution in [3.8, 4) is 0 Å². The van der Waals surface area contributed by atoms with Crippen molar-refractivity contribution >= 4 is 23.4 Å². The van der Waals surface area contributed by atoms with Crippen LogP contribution in [0.1, 0.15) is 18.9 Å². The molecule has 0 bridgehead atoms. The number of aromatic nitrogens is 2. The van der Waals surface area contributed by atoms with Crippen molar-refractivity contribution < 1.29 is 4.74 Å². The van der Waals surface area contributed by atoms with Gasteiger partial charge in [-0.25, -0.2) is 9.97 Å². The lowest BCUT2D eigenvalue weighted by Crippen LogP contribution is -2.13. The number of hydrogen-bond acceptors (Lipinski definition) is 4. The molecule has 1 aliphatic rings. The quantitative estimate of drug-likeness (QED) is 0.592. The minimum atomic E-state index is 0.295. The molecule has 0 aliphatic carbocycles. The van der Waals surface area contributed by atoms with Gasteiger partial charge < -0.3 is 4.74 Å². The first-order valence-electron chi connectivity index (χ1n) is 4.94. The Bertz CT molecular complexity index is 361. The second-order valence-corrected chi connectivity index (χ2v) is 5.21. The number of hydrogen-bond donors (Lipinski definition) is 0. The zero-order valence-electron chi connectivity index (χ0n) is 8.74. The maximum atomic E-state index is 5.77. The van der Waals surface area contributed by atoms with E-state index in [2.05, 4.69) is 16.9 Å². The number of nitrogens with zero attached hydrogens (tertiary/aromatic N) is 2. The van der Waals surface area contributed by atoms with Crippen molar-refractivity contribution in [1.82, 2.24) is 9.97 Å². The summed E-state index contributed by atoms with van der Waals surface area (Å²) in [4.78, 5) is 8.18. The molecule has 3 nitrogen and oxygen atoms in total. The first kappa shape index (κ1) is 11.2. The molecule has 1 fully saturated rings. The first-order valence-corrected chi connectivity index (χ1v) is 6.20. The highest BCUT2D eigenvalue weighted by Crippen LogP contribution is 2.33. The van der Waals surface area contributed by atoms with Crippen LogP contribution < -0.4 is 0 Å². The van der Waals surface area contributed by atoms with E-state index in [1.807, 2.05) is 6.92 Å². The third-order valence-electron chi connectivity index (χ3n) is 2.47. The molecule has 15 heavy (non-hydrogen) atoms. The van der Waals surface area contributed by atoms with Gasteiger partial charge in [0, 0.05) is 18.1 Å². The molecule has 0 N–H and O–H groups in total. The molecule has 2 atom stereocenters. The van der Waals surface area contributed by atoms with Gasteiger partial charge in [0.25, 0.3) is 0 Å². The van der Waals surface area contributed by atoms with Crippen molar-refractivity contribution in [1.29, 1.82) is 0 Å². The molecule has 1 aromatic rings. The summed E-state index contributed by atoms with van der Waals surface area (Å²) in [5.74, 6) is 0. The van der Waals surface area contributed by atoms with Gasteiger partial charge in [-0.2, -0.15) is 0 Å². The average Bonchev–Trinajstić information content (AvgIpc) is 2.58. The van der Waals surface area contributed by atoms with Gasteiger partial charge in [-0.15, -0.1) is 0 Å². The molecule has 1 aliphatic heterocycles. The lowest BCUT2D eigenvalue weighted by Gasteiger charge is -2.13. The Kier molecular flexibility index (Phi) is 3.49. The Morgan fingerprint density at radius 3 is 3.07 bits per heavy atom. The van der Waals surface area contributed by atoms with Crippen molar-refractivity contribution in [2.75, 3.05) is 6.61 Å². The van der Waals surface area contributed by atoms with Crippen molar-refractivity contribution in [2.24, 2.45) is 0 Å². The van der Waals surface area contributed by atoms with Crippen LogP contribution in [0.5, 0.6) is 0 Å². The Hall–Kier alpha value is -0.320. The molecule has 1 aromatic heterocycles. The monoisotopic (exact) mass is 244 g/mol. The summed E-state index contributed by atoms with van der Waals surface area (Å²) in [6, 6.07) is 0. The van der Waals surface area contributed by atoms with Gasteiger partial charge in [0.05, 0.1) is 6.10 Å². The van der Waals surface area contributed by atoms with Crippen LogP contribution in [-0.2, 0) is 4.74 Å². The topological polar surface area (TPSA) is 35.0 Å². The van der Waals surface area contributed by atoms with E-state index in [4.69, 9.17) is 16.3 Å². The zero-order valence-corrected chi connectivity index (χ0v) is 10.3. The van der Waals surface area contributed by atoms with Crippen molar-refractivity contribution in [3.63, 3.8) is 0 Å². The van der Waals surface area contributed by atoms with Gasteiger partial charge in [-0.05, 0) is 37.4 Å². The lowest BCUT2D eigenvalue weighted by molar-refractivity contribution is 0.127. The van der Waals surface area contributed by atoms with E-state index in [0.717, 1.165) is 23.6 Å². The fraction of sp³-hybridized carbons (Fsp3) is 0.600.